The Morgan fingerprint density at radius 3 is 2.57 bits per heavy atom. The average Bonchev–Trinajstić information content (AvgIpc) is 2.48. The highest BCUT2D eigenvalue weighted by atomic mass is 16.6. The lowest BCUT2D eigenvalue weighted by Gasteiger charge is -2.20. The summed E-state index contributed by atoms with van der Waals surface area (Å²) in [7, 11) is 0. The Balaban J connectivity index is 2.18. The molecule has 1 aliphatic rings. The van der Waals surface area contributed by atoms with Gasteiger partial charge in [0.1, 0.15) is 0 Å². The summed E-state index contributed by atoms with van der Waals surface area (Å²) in [6.07, 6.45) is 3.47. The van der Waals surface area contributed by atoms with Crippen molar-refractivity contribution in [3.8, 4) is 0 Å². The van der Waals surface area contributed by atoms with Crippen LogP contribution in [0.15, 0.2) is 35.5 Å². The molecule has 0 fully saturated rings. The number of non-ortho nitro benzene ring substituents is 1. The lowest BCUT2D eigenvalue weighted by molar-refractivity contribution is -0.384. The van der Waals surface area contributed by atoms with Gasteiger partial charge in [0.15, 0.2) is 0 Å². The van der Waals surface area contributed by atoms with E-state index in [-0.39, 0.29) is 11.7 Å². The Labute approximate surface area is 122 Å². The number of carbonyl (C=O) groups is 1. The van der Waals surface area contributed by atoms with Crippen molar-refractivity contribution in [2.24, 2.45) is 0 Å². The van der Waals surface area contributed by atoms with Crippen molar-refractivity contribution >= 4 is 17.3 Å². The largest absolute Gasteiger partial charge is 0.463 e. The van der Waals surface area contributed by atoms with Crippen LogP contribution in [0.5, 0.6) is 0 Å². The van der Waals surface area contributed by atoms with Gasteiger partial charge in [0.2, 0.25) is 0 Å². The van der Waals surface area contributed by atoms with E-state index >= 15 is 0 Å². The van der Waals surface area contributed by atoms with Gasteiger partial charge in [-0.25, -0.2) is 4.79 Å². The van der Waals surface area contributed by atoms with Crippen molar-refractivity contribution in [3.63, 3.8) is 0 Å². The molecule has 21 heavy (non-hydrogen) atoms. The molecular weight excluding hydrogens is 272 g/mol. The highest BCUT2D eigenvalue weighted by molar-refractivity contribution is 5.90. The first kappa shape index (κ1) is 15.0. The highest BCUT2D eigenvalue weighted by Gasteiger charge is 2.20. The van der Waals surface area contributed by atoms with E-state index in [0.717, 1.165) is 30.6 Å². The molecule has 1 N–H and O–H groups in total. The number of nitro benzene ring substituents is 1. The van der Waals surface area contributed by atoms with Crippen LogP contribution < -0.4 is 5.32 Å². The first-order valence-electron chi connectivity index (χ1n) is 7.02. The zero-order chi connectivity index (χ0) is 15.2. The van der Waals surface area contributed by atoms with Gasteiger partial charge in [-0.15, -0.1) is 0 Å². The van der Waals surface area contributed by atoms with Crippen LogP contribution in [0.3, 0.4) is 0 Å². The number of nitrogens with one attached hydrogen (secondary N) is 1. The fourth-order valence-corrected chi connectivity index (χ4v) is 2.33. The number of hydrogen-bond donors (Lipinski definition) is 1. The second-order valence-electron chi connectivity index (χ2n) is 4.81. The third-order valence-corrected chi connectivity index (χ3v) is 3.36. The van der Waals surface area contributed by atoms with E-state index in [9.17, 15) is 14.9 Å². The van der Waals surface area contributed by atoms with Gasteiger partial charge in [-0.1, -0.05) is 0 Å². The molecule has 0 heterocycles. The summed E-state index contributed by atoms with van der Waals surface area (Å²) >= 11 is 0. The zero-order valence-electron chi connectivity index (χ0n) is 11.9. The SMILES string of the molecule is CCOC(=O)C1=C(Nc2ccc([N+](=O)[O-])cc2)CCCC1. The number of nitrogens with zero attached hydrogens (tertiary/aromatic N) is 1. The number of esters is 1. The minimum atomic E-state index is -0.437. The Kier molecular flexibility index (Phi) is 4.92. The first-order chi connectivity index (χ1) is 10.1. The molecule has 0 saturated carbocycles. The van der Waals surface area contributed by atoms with Crippen molar-refractivity contribution in [1.29, 1.82) is 0 Å². The molecule has 1 aromatic rings. The molecule has 1 aliphatic carbocycles. The van der Waals surface area contributed by atoms with Gasteiger partial charge in [0, 0.05) is 23.5 Å². The molecule has 6 nitrogen and oxygen atoms in total. The smallest absolute Gasteiger partial charge is 0.335 e. The molecule has 6 heteroatoms. The van der Waals surface area contributed by atoms with Crippen LogP contribution in [-0.2, 0) is 9.53 Å². The molecule has 0 unspecified atom stereocenters. The molecule has 0 radical (unpaired) electrons. The summed E-state index contributed by atoms with van der Waals surface area (Å²) < 4.78 is 5.07. The number of hydrogen-bond acceptors (Lipinski definition) is 5. The number of anilines is 1. The number of carbonyl (C=O) groups excluding carboxylic acids is 1. The summed E-state index contributed by atoms with van der Waals surface area (Å²) in [4.78, 5) is 22.1. The fourth-order valence-electron chi connectivity index (χ4n) is 2.33. The molecule has 0 amide bonds. The van der Waals surface area contributed by atoms with Gasteiger partial charge < -0.3 is 10.1 Å². The summed E-state index contributed by atoms with van der Waals surface area (Å²) in [5, 5.41) is 13.8. The summed E-state index contributed by atoms with van der Waals surface area (Å²) in [6, 6.07) is 6.16. The van der Waals surface area contributed by atoms with Crippen molar-refractivity contribution in [1.82, 2.24) is 0 Å². The average molecular weight is 290 g/mol. The maximum atomic E-state index is 11.9. The van der Waals surface area contributed by atoms with Crippen LogP contribution in [0.4, 0.5) is 11.4 Å². The molecule has 2 rings (SSSR count). The summed E-state index contributed by atoms with van der Waals surface area (Å²) in [5.41, 5.74) is 2.32. The van der Waals surface area contributed by atoms with Gasteiger partial charge >= 0.3 is 5.97 Å². The molecule has 0 atom stereocenters. The van der Waals surface area contributed by atoms with Crippen LogP contribution in [-0.4, -0.2) is 17.5 Å². The van der Waals surface area contributed by atoms with Gasteiger partial charge in [0.05, 0.1) is 17.1 Å². The van der Waals surface area contributed by atoms with E-state index < -0.39 is 4.92 Å². The lowest BCUT2D eigenvalue weighted by Crippen LogP contribution is -2.17. The highest BCUT2D eigenvalue weighted by Crippen LogP contribution is 2.27. The van der Waals surface area contributed by atoms with Gasteiger partial charge in [0.25, 0.3) is 5.69 Å². The number of rotatable bonds is 5. The van der Waals surface area contributed by atoms with Crippen LogP contribution in [0, 0.1) is 10.1 Å². The second-order valence-corrected chi connectivity index (χ2v) is 4.81. The van der Waals surface area contributed by atoms with Gasteiger partial charge in [-0.2, -0.15) is 0 Å². The minimum Gasteiger partial charge on any atom is -0.463 e. The normalized spacial score (nSPS) is 14.7. The molecule has 112 valence electrons. The number of nitro groups is 1. The topological polar surface area (TPSA) is 81.5 Å². The van der Waals surface area contributed by atoms with Crippen molar-refractivity contribution in [3.05, 3.63) is 45.6 Å². The quantitative estimate of drug-likeness (QED) is 0.510. The fraction of sp³-hybridized carbons (Fsp3) is 0.400. The number of allylic oxidation sites excluding steroid dienone is 1. The molecule has 0 aromatic heterocycles. The maximum Gasteiger partial charge on any atom is 0.335 e. The predicted molar refractivity (Wildman–Crippen MR) is 78.8 cm³/mol. The Morgan fingerprint density at radius 1 is 1.29 bits per heavy atom. The van der Waals surface area contributed by atoms with Gasteiger partial charge in [-0.05, 0) is 44.7 Å². The first-order valence-corrected chi connectivity index (χ1v) is 7.02. The van der Waals surface area contributed by atoms with E-state index in [2.05, 4.69) is 5.32 Å². The Bertz CT molecular complexity index is 564. The predicted octanol–water partition coefficient (Wildman–Crippen LogP) is 3.40. The molecule has 0 aliphatic heterocycles. The third kappa shape index (κ3) is 3.81. The Hall–Kier alpha value is -2.37. The standard InChI is InChI=1S/C15H18N2O4/c1-2-21-15(18)13-5-3-4-6-14(13)16-11-7-9-12(10-8-11)17(19)20/h7-10,16H,2-6H2,1H3. The number of ether oxygens (including phenoxy) is 1. The van der Waals surface area contributed by atoms with Crippen LogP contribution >= 0.6 is 0 Å². The van der Waals surface area contributed by atoms with E-state index in [0.29, 0.717) is 18.6 Å². The summed E-state index contributed by atoms with van der Waals surface area (Å²) in [6.45, 7) is 2.14. The Morgan fingerprint density at radius 2 is 1.95 bits per heavy atom. The molecular formula is C15H18N2O4. The van der Waals surface area contributed by atoms with Crippen LogP contribution in [0.2, 0.25) is 0 Å². The lowest BCUT2D eigenvalue weighted by atomic mass is 9.96. The van der Waals surface area contributed by atoms with Crippen molar-refractivity contribution < 1.29 is 14.5 Å². The van der Waals surface area contributed by atoms with Crippen LogP contribution in [0.1, 0.15) is 32.6 Å². The second kappa shape index (κ2) is 6.88. The maximum absolute atomic E-state index is 11.9. The third-order valence-electron chi connectivity index (χ3n) is 3.36. The summed E-state index contributed by atoms with van der Waals surface area (Å²) in [5.74, 6) is -0.276. The van der Waals surface area contributed by atoms with E-state index in [4.69, 9.17) is 4.74 Å². The molecule has 1 aromatic carbocycles. The van der Waals surface area contributed by atoms with Crippen molar-refractivity contribution in [2.75, 3.05) is 11.9 Å². The van der Waals surface area contributed by atoms with Gasteiger partial charge in [-0.3, -0.25) is 10.1 Å². The zero-order valence-corrected chi connectivity index (χ0v) is 11.9. The number of benzene rings is 1. The molecule has 0 bridgehead atoms. The van der Waals surface area contributed by atoms with E-state index in [1.807, 2.05) is 0 Å². The molecule has 0 spiro atoms. The molecule has 0 saturated heterocycles. The minimum absolute atomic E-state index is 0.0452. The van der Waals surface area contributed by atoms with Crippen LogP contribution in [0.25, 0.3) is 0 Å². The van der Waals surface area contributed by atoms with Crippen molar-refractivity contribution in [2.45, 2.75) is 32.6 Å². The van der Waals surface area contributed by atoms with E-state index in [1.54, 1.807) is 19.1 Å². The van der Waals surface area contributed by atoms with E-state index in [1.165, 1.54) is 12.1 Å². The monoisotopic (exact) mass is 290 g/mol.